The molecule has 1 aromatic rings. The predicted molar refractivity (Wildman–Crippen MR) is 132 cm³/mol. The first kappa shape index (κ1) is 24.1. The fraction of sp³-hybridized carbons (Fsp3) is 0.519. The quantitative estimate of drug-likeness (QED) is 0.502. The van der Waals surface area contributed by atoms with Crippen molar-refractivity contribution >= 4 is 5.69 Å². The Morgan fingerprint density at radius 2 is 2.03 bits per heavy atom. The lowest BCUT2D eigenvalue weighted by atomic mass is 9.89. The van der Waals surface area contributed by atoms with E-state index in [1.165, 1.54) is 40.9 Å². The molecule has 0 saturated heterocycles. The third kappa shape index (κ3) is 6.70. The lowest BCUT2D eigenvalue weighted by molar-refractivity contribution is 0.609. The van der Waals surface area contributed by atoms with Crippen molar-refractivity contribution in [2.45, 2.75) is 71.6 Å². The molecular formula is C27H41N3. The minimum absolute atomic E-state index is 0.415. The summed E-state index contributed by atoms with van der Waals surface area (Å²) in [4.78, 5) is 7.20. The molecule has 1 aliphatic rings. The van der Waals surface area contributed by atoms with Gasteiger partial charge in [-0.2, -0.15) is 0 Å². The van der Waals surface area contributed by atoms with E-state index in [1.54, 1.807) is 0 Å². The number of aromatic nitrogens is 1. The molecule has 164 valence electrons. The molecule has 0 aromatic carbocycles. The van der Waals surface area contributed by atoms with Crippen LogP contribution in [-0.2, 0) is 0 Å². The first-order chi connectivity index (χ1) is 14.5. The topological polar surface area (TPSA) is 42.2 Å². The fourth-order valence-electron chi connectivity index (χ4n) is 4.20. The number of anilines is 1. The highest BCUT2D eigenvalue weighted by atomic mass is 15.1. The molecule has 0 spiro atoms. The standard InChI is InChI=1S/C27H41N3/c1-6-8-11-21(3)27-22(4)26(30(5)19-17-28)16-15-24(14-10-18-29-27)25-13-9-12-23(7-2)20-25/h9-10,12,14-16,18,20-21,25H,6-8,11,13,17,19,28H2,1-5H3. The molecule has 1 aliphatic carbocycles. The van der Waals surface area contributed by atoms with Crippen LogP contribution in [0, 0.1) is 6.92 Å². The zero-order chi connectivity index (χ0) is 21.9. The Morgan fingerprint density at radius 3 is 2.73 bits per heavy atom. The van der Waals surface area contributed by atoms with Crippen LogP contribution in [0.1, 0.15) is 81.5 Å². The van der Waals surface area contributed by atoms with Gasteiger partial charge >= 0.3 is 0 Å². The summed E-state index contributed by atoms with van der Waals surface area (Å²) < 4.78 is 0. The average Bonchev–Trinajstić information content (AvgIpc) is 2.76. The zero-order valence-corrected chi connectivity index (χ0v) is 19.7. The van der Waals surface area contributed by atoms with Gasteiger partial charge in [0.25, 0.3) is 0 Å². The number of rotatable bonds is 9. The minimum Gasteiger partial charge on any atom is -0.373 e. The molecule has 2 N–H and O–H groups in total. The molecule has 1 heterocycles. The van der Waals surface area contributed by atoms with Gasteiger partial charge in [-0.25, -0.2) is 0 Å². The molecule has 1 aromatic heterocycles. The van der Waals surface area contributed by atoms with Gasteiger partial charge in [-0.1, -0.05) is 69.5 Å². The number of allylic oxidation sites excluding steroid dienone is 4. The Hall–Kier alpha value is -2.13. The summed E-state index contributed by atoms with van der Waals surface area (Å²) in [5.74, 6) is 0.851. The molecule has 0 fully saturated rings. The number of nitrogens with two attached hydrogens (primary N) is 1. The van der Waals surface area contributed by atoms with Crippen LogP contribution in [0.2, 0.25) is 0 Å². The maximum absolute atomic E-state index is 5.89. The van der Waals surface area contributed by atoms with Crippen LogP contribution in [0.15, 0.2) is 54.3 Å². The number of nitrogens with zero attached hydrogens (tertiary/aromatic N) is 2. The summed E-state index contributed by atoms with van der Waals surface area (Å²) in [6.07, 6.45) is 14.7. The van der Waals surface area contributed by atoms with Crippen LogP contribution in [0.3, 0.4) is 0 Å². The summed E-state index contributed by atoms with van der Waals surface area (Å²) in [7, 11) is 2.13. The monoisotopic (exact) mass is 407 g/mol. The number of likely N-dealkylation sites (N-methyl/N-ethyl adjacent to an activating group) is 1. The Balaban J connectivity index is 2.58. The summed E-state index contributed by atoms with van der Waals surface area (Å²) in [5, 5.41) is 0. The Morgan fingerprint density at radius 1 is 1.23 bits per heavy atom. The Bertz CT molecular complexity index is 793. The molecular weight excluding hydrogens is 366 g/mol. The molecule has 3 heteroatoms. The van der Waals surface area contributed by atoms with Crippen LogP contribution >= 0.6 is 0 Å². The van der Waals surface area contributed by atoms with E-state index in [2.05, 4.69) is 82.1 Å². The van der Waals surface area contributed by atoms with E-state index in [0.717, 1.165) is 25.8 Å². The largest absolute Gasteiger partial charge is 0.373 e. The molecule has 2 atom stereocenters. The van der Waals surface area contributed by atoms with Gasteiger partial charge in [0.15, 0.2) is 0 Å². The first-order valence-corrected chi connectivity index (χ1v) is 11.6. The summed E-state index contributed by atoms with van der Waals surface area (Å²) in [5.41, 5.74) is 12.3. The van der Waals surface area contributed by atoms with Crippen LogP contribution < -0.4 is 10.6 Å². The molecule has 0 aliphatic heterocycles. The molecule has 30 heavy (non-hydrogen) atoms. The predicted octanol–water partition coefficient (Wildman–Crippen LogP) is 6.58. The van der Waals surface area contributed by atoms with E-state index < -0.39 is 0 Å². The van der Waals surface area contributed by atoms with Crippen molar-refractivity contribution in [3.05, 3.63) is 71.1 Å². The van der Waals surface area contributed by atoms with Gasteiger partial charge in [0.1, 0.15) is 0 Å². The highest BCUT2D eigenvalue weighted by Gasteiger charge is 2.14. The van der Waals surface area contributed by atoms with Crippen molar-refractivity contribution in [2.75, 3.05) is 25.0 Å². The SMILES string of the molecule is CCCCC(C)c1ncccc(C2C=C(CC)C=CC2)ccc(N(C)CCN)c1C. The second-order valence-corrected chi connectivity index (χ2v) is 8.46. The van der Waals surface area contributed by atoms with Crippen molar-refractivity contribution in [2.24, 2.45) is 5.73 Å². The van der Waals surface area contributed by atoms with Crippen LogP contribution in [0.5, 0.6) is 0 Å². The smallest absolute Gasteiger partial charge is 0.0481 e. The summed E-state index contributed by atoms with van der Waals surface area (Å²) in [6, 6.07) is 8.90. The van der Waals surface area contributed by atoms with Gasteiger partial charge in [0.2, 0.25) is 0 Å². The fourth-order valence-corrected chi connectivity index (χ4v) is 4.20. The maximum Gasteiger partial charge on any atom is 0.0481 e. The summed E-state index contributed by atoms with van der Waals surface area (Å²) >= 11 is 0. The van der Waals surface area contributed by atoms with Gasteiger partial charge in [-0.15, -0.1) is 0 Å². The molecule has 3 nitrogen and oxygen atoms in total. The van der Waals surface area contributed by atoms with Crippen LogP contribution in [0.25, 0.3) is 0 Å². The lowest BCUT2D eigenvalue weighted by Crippen LogP contribution is -2.25. The third-order valence-corrected chi connectivity index (χ3v) is 6.10. The van der Waals surface area contributed by atoms with Crippen molar-refractivity contribution in [1.82, 2.24) is 4.98 Å². The van der Waals surface area contributed by atoms with E-state index in [9.17, 15) is 0 Å². The van der Waals surface area contributed by atoms with Gasteiger partial charge in [0.05, 0.1) is 0 Å². The van der Waals surface area contributed by atoms with Crippen LogP contribution in [-0.4, -0.2) is 25.1 Å². The summed E-state index contributed by atoms with van der Waals surface area (Å²) in [6.45, 7) is 10.4. The van der Waals surface area contributed by atoms with Crippen LogP contribution in [0.4, 0.5) is 5.69 Å². The molecule has 2 unspecified atom stereocenters. The lowest BCUT2D eigenvalue weighted by Gasteiger charge is -2.23. The zero-order valence-electron chi connectivity index (χ0n) is 19.7. The molecule has 2 rings (SSSR count). The van der Waals surface area contributed by atoms with E-state index >= 15 is 0 Å². The van der Waals surface area contributed by atoms with Gasteiger partial charge in [-0.05, 0) is 55.4 Å². The second-order valence-electron chi connectivity index (χ2n) is 8.46. The van der Waals surface area contributed by atoms with Crippen molar-refractivity contribution in [3.8, 4) is 0 Å². The third-order valence-electron chi connectivity index (χ3n) is 6.10. The molecule has 0 amide bonds. The Kier molecular flexibility index (Phi) is 10.1. The minimum atomic E-state index is 0.415. The molecule has 0 bridgehead atoms. The average molecular weight is 408 g/mol. The first-order valence-electron chi connectivity index (χ1n) is 11.6. The van der Waals surface area contributed by atoms with E-state index in [1.807, 2.05) is 6.20 Å². The molecule has 0 radical (unpaired) electrons. The van der Waals surface area contributed by atoms with Crippen molar-refractivity contribution < 1.29 is 0 Å². The normalized spacial score (nSPS) is 16.6. The van der Waals surface area contributed by atoms with E-state index in [0.29, 0.717) is 18.4 Å². The van der Waals surface area contributed by atoms with E-state index in [4.69, 9.17) is 10.7 Å². The highest BCUT2D eigenvalue weighted by Crippen LogP contribution is 2.30. The maximum atomic E-state index is 5.89. The second kappa shape index (κ2) is 12.5. The number of unbranched alkanes of at least 4 members (excludes halogenated alkanes) is 1. The van der Waals surface area contributed by atoms with Gasteiger partial charge in [0, 0.05) is 43.6 Å². The molecule has 0 saturated carbocycles. The van der Waals surface area contributed by atoms with Gasteiger partial charge in [-0.3, -0.25) is 4.98 Å². The van der Waals surface area contributed by atoms with E-state index in [-0.39, 0.29) is 0 Å². The van der Waals surface area contributed by atoms with Gasteiger partial charge < -0.3 is 10.6 Å². The highest BCUT2D eigenvalue weighted by molar-refractivity contribution is 5.54. The number of hydrogen-bond donors (Lipinski definition) is 1. The van der Waals surface area contributed by atoms with Crippen molar-refractivity contribution in [3.63, 3.8) is 0 Å². The Labute approximate surface area is 184 Å². The van der Waals surface area contributed by atoms with Crippen molar-refractivity contribution in [1.29, 1.82) is 0 Å². The number of hydrogen-bond acceptors (Lipinski definition) is 3.